The number of methoxy groups -OCH3 is 1. The Morgan fingerprint density at radius 3 is 2.25 bits per heavy atom. The highest BCUT2D eigenvalue weighted by Crippen LogP contribution is 1.51. The van der Waals surface area contributed by atoms with Crippen LogP contribution in [-0.2, 0) is 4.74 Å². The summed E-state index contributed by atoms with van der Waals surface area (Å²) >= 11 is 0. The molecule has 24 valence electrons. The zero-order chi connectivity index (χ0) is 3.41. The first-order chi connectivity index (χ1) is 1.91. The molecule has 0 aliphatic carbocycles. The molecule has 4 heavy (non-hydrogen) atoms. The first-order valence-corrected chi connectivity index (χ1v) is 1.20. The highest BCUT2D eigenvalue weighted by atomic mass is 16.5. The van der Waals surface area contributed by atoms with Crippen LogP contribution >= 0.6 is 0 Å². The molecule has 0 rings (SSSR count). The van der Waals surface area contributed by atoms with Gasteiger partial charge in [0.1, 0.15) is 0 Å². The maximum absolute atomic E-state index is 4.43. The van der Waals surface area contributed by atoms with Crippen LogP contribution in [0.5, 0.6) is 0 Å². The summed E-state index contributed by atoms with van der Waals surface area (Å²) < 4.78 is 4.43. The Bertz CT molecular complexity index is 5.25. The van der Waals surface area contributed by atoms with Crippen molar-refractivity contribution in [2.45, 2.75) is 0 Å². The minimum Gasteiger partial charge on any atom is -0.343 e. The molecule has 0 amide bonds. The van der Waals surface area contributed by atoms with Crippen molar-refractivity contribution >= 4 is 0 Å². The Labute approximate surface area is 26.6 Å². The molecule has 0 unspecified atom stereocenters. The van der Waals surface area contributed by atoms with E-state index in [2.05, 4.69) is 11.7 Å². The van der Waals surface area contributed by atoms with Crippen LogP contribution in [0.25, 0.3) is 0 Å². The van der Waals surface area contributed by atoms with Crippen molar-refractivity contribution in [3.63, 3.8) is 0 Å². The molecule has 0 aromatic carbocycles. The highest BCUT2D eigenvalue weighted by molar-refractivity contribution is 4.21. The maximum atomic E-state index is 4.43. The molecular formula is C3H7O+. The fourth-order valence-corrected chi connectivity index (χ4v) is 0. The van der Waals surface area contributed by atoms with Crippen LogP contribution in [0.4, 0.5) is 0 Å². The van der Waals surface area contributed by atoms with Crippen LogP contribution < -0.4 is 0 Å². The molecule has 0 atom stereocenters. The summed E-state index contributed by atoms with van der Waals surface area (Å²) in [5.74, 6) is 0. The summed E-state index contributed by atoms with van der Waals surface area (Å²) in [4.78, 5) is 0. The lowest BCUT2D eigenvalue weighted by Gasteiger charge is -1.69. The van der Waals surface area contributed by atoms with E-state index in [0.717, 1.165) is 0 Å². The van der Waals surface area contributed by atoms with E-state index in [1.54, 1.807) is 7.11 Å². The molecule has 0 saturated heterocycles. The predicted molar refractivity (Wildman–Crippen MR) is 17.2 cm³/mol. The molecule has 0 N–H and O–H groups in total. The fourth-order valence-electron chi connectivity index (χ4n) is 0. The molecule has 0 saturated carbocycles. The zero-order valence-corrected chi connectivity index (χ0v) is 2.82. The summed E-state index contributed by atoms with van der Waals surface area (Å²) in [6.45, 7) is 3.95. The van der Waals surface area contributed by atoms with Crippen molar-refractivity contribution in [3.8, 4) is 0 Å². The Hall–Kier alpha value is -0.170. The first kappa shape index (κ1) is 3.83. The largest absolute Gasteiger partial charge is 0.343 e. The van der Waals surface area contributed by atoms with E-state index in [-0.39, 0.29) is 0 Å². The van der Waals surface area contributed by atoms with Gasteiger partial charge in [-0.05, 0) is 0 Å². The van der Waals surface area contributed by atoms with Gasteiger partial charge in [0.15, 0.2) is 6.61 Å². The van der Waals surface area contributed by atoms with Crippen molar-refractivity contribution in [3.05, 3.63) is 6.92 Å². The van der Waals surface area contributed by atoms with Crippen molar-refractivity contribution in [1.29, 1.82) is 0 Å². The zero-order valence-electron chi connectivity index (χ0n) is 2.82. The molecule has 0 aromatic heterocycles. The molecule has 0 fully saturated rings. The molecule has 0 heterocycles. The molecular weight excluding hydrogens is 52.0 g/mol. The third-order valence-electron chi connectivity index (χ3n) is 0.204. The van der Waals surface area contributed by atoms with Gasteiger partial charge >= 0.3 is 0 Å². The van der Waals surface area contributed by atoms with Crippen molar-refractivity contribution in [2.75, 3.05) is 13.7 Å². The van der Waals surface area contributed by atoms with Crippen LogP contribution in [0.15, 0.2) is 0 Å². The minimum atomic E-state index is 0.569. The molecule has 0 bridgehead atoms. The number of rotatable bonds is 1. The molecule has 1 heteroatoms. The quantitative estimate of drug-likeness (QED) is 0.399. The third kappa shape index (κ3) is 1.83. The average Bonchev–Trinajstić information content (AvgIpc) is 1.37. The predicted octanol–water partition coefficient (Wildman–Crippen LogP) is 0.467. The lowest BCUT2D eigenvalue weighted by molar-refractivity contribution is 0.232. The van der Waals surface area contributed by atoms with Gasteiger partial charge in [-0.25, -0.2) is 0 Å². The van der Waals surface area contributed by atoms with Gasteiger partial charge in [-0.15, -0.1) is 0 Å². The summed E-state index contributed by atoms with van der Waals surface area (Å²) in [5.41, 5.74) is 0. The SMILES string of the molecule is [CH2+]COC. The van der Waals surface area contributed by atoms with E-state index in [1.165, 1.54) is 0 Å². The fraction of sp³-hybridized carbons (Fsp3) is 0.667. The van der Waals surface area contributed by atoms with E-state index in [1.807, 2.05) is 0 Å². The number of ether oxygens (including phenoxy) is 1. The first-order valence-electron chi connectivity index (χ1n) is 1.20. The Balaban J connectivity index is 1.97. The van der Waals surface area contributed by atoms with Gasteiger partial charge in [0.2, 0.25) is 0 Å². The van der Waals surface area contributed by atoms with Gasteiger partial charge in [0.05, 0.1) is 6.92 Å². The van der Waals surface area contributed by atoms with E-state index in [0.29, 0.717) is 6.61 Å². The monoisotopic (exact) mass is 59.0 g/mol. The van der Waals surface area contributed by atoms with E-state index in [4.69, 9.17) is 0 Å². The van der Waals surface area contributed by atoms with Crippen LogP contribution in [0.1, 0.15) is 0 Å². The van der Waals surface area contributed by atoms with Crippen LogP contribution in [0, 0.1) is 6.92 Å². The van der Waals surface area contributed by atoms with Gasteiger partial charge in [0.25, 0.3) is 0 Å². The summed E-state index contributed by atoms with van der Waals surface area (Å²) in [6, 6.07) is 0. The average molecular weight is 59.1 g/mol. The third-order valence-corrected chi connectivity index (χ3v) is 0.204. The summed E-state index contributed by atoms with van der Waals surface area (Å²) in [5, 5.41) is 0. The molecule has 0 radical (unpaired) electrons. The van der Waals surface area contributed by atoms with E-state index >= 15 is 0 Å². The van der Waals surface area contributed by atoms with Crippen molar-refractivity contribution in [2.24, 2.45) is 0 Å². The molecule has 0 aliphatic rings. The highest BCUT2D eigenvalue weighted by Gasteiger charge is 1.61. The molecule has 0 aliphatic heterocycles. The van der Waals surface area contributed by atoms with Crippen LogP contribution in [-0.4, -0.2) is 13.7 Å². The second-order valence-electron chi connectivity index (χ2n) is 0.493. The van der Waals surface area contributed by atoms with Crippen molar-refractivity contribution < 1.29 is 4.74 Å². The number of hydrogen-bond donors (Lipinski definition) is 0. The normalized spacial score (nSPS) is 7.25. The van der Waals surface area contributed by atoms with Gasteiger partial charge in [0, 0.05) is 7.11 Å². The Kier molecular flexibility index (Phi) is 2.71. The lowest BCUT2D eigenvalue weighted by Crippen LogP contribution is -1.74. The second kappa shape index (κ2) is 2.83. The van der Waals surface area contributed by atoms with Gasteiger partial charge in [-0.1, -0.05) is 0 Å². The van der Waals surface area contributed by atoms with Gasteiger partial charge < -0.3 is 4.74 Å². The van der Waals surface area contributed by atoms with E-state index < -0.39 is 0 Å². The second-order valence-corrected chi connectivity index (χ2v) is 0.493. The van der Waals surface area contributed by atoms with Crippen LogP contribution in [0.2, 0.25) is 0 Å². The number of hydrogen-bond acceptors (Lipinski definition) is 1. The van der Waals surface area contributed by atoms with Crippen LogP contribution in [0.3, 0.4) is 0 Å². The molecule has 0 spiro atoms. The summed E-state index contributed by atoms with van der Waals surface area (Å²) in [7, 11) is 1.62. The Morgan fingerprint density at radius 2 is 2.25 bits per heavy atom. The lowest BCUT2D eigenvalue weighted by atomic mass is 10.9. The Morgan fingerprint density at radius 1 is 2.00 bits per heavy atom. The molecule has 1 nitrogen and oxygen atoms in total. The van der Waals surface area contributed by atoms with Gasteiger partial charge in [-0.3, -0.25) is 0 Å². The topological polar surface area (TPSA) is 9.23 Å². The molecule has 0 aromatic rings. The smallest absolute Gasteiger partial charge is 0.184 e. The minimum absolute atomic E-state index is 0.569. The maximum Gasteiger partial charge on any atom is 0.184 e. The summed E-state index contributed by atoms with van der Waals surface area (Å²) in [6.07, 6.45) is 0. The standard InChI is InChI=1S/C3H7O/c1-3-4-2/h1,3H2,2H3/q+1. The van der Waals surface area contributed by atoms with Crippen molar-refractivity contribution in [1.82, 2.24) is 0 Å². The van der Waals surface area contributed by atoms with Gasteiger partial charge in [-0.2, -0.15) is 0 Å². The van der Waals surface area contributed by atoms with E-state index in [9.17, 15) is 0 Å².